The molecule has 0 radical (unpaired) electrons. The zero-order chi connectivity index (χ0) is 8.81. The summed E-state index contributed by atoms with van der Waals surface area (Å²) in [5.74, 6) is 0. The fourth-order valence-corrected chi connectivity index (χ4v) is 1.04. The van der Waals surface area contributed by atoms with Crippen LogP contribution < -0.4 is 5.32 Å². The molecule has 0 atom stereocenters. The topological polar surface area (TPSA) is 25.2 Å². The van der Waals surface area contributed by atoms with Crippen LogP contribution in [-0.4, -0.2) is 13.6 Å². The van der Waals surface area contributed by atoms with Gasteiger partial charge in [-0.25, -0.2) is 0 Å². The normalized spacial score (nSPS) is 12.0. The summed E-state index contributed by atoms with van der Waals surface area (Å²) in [5.41, 5.74) is 2.45. The zero-order valence-electron chi connectivity index (χ0n) is 7.63. The zero-order valence-corrected chi connectivity index (χ0v) is 7.63. The molecule has 1 rings (SSSR count). The van der Waals surface area contributed by atoms with Gasteiger partial charge in [0.1, 0.15) is 0 Å². The van der Waals surface area contributed by atoms with Crippen molar-refractivity contribution < 1.29 is 4.42 Å². The number of hydrogen-bond donors (Lipinski definition) is 1. The molecule has 0 bridgehead atoms. The van der Waals surface area contributed by atoms with Crippen molar-refractivity contribution in [1.29, 1.82) is 0 Å². The van der Waals surface area contributed by atoms with Gasteiger partial charge in [0, 0.05) is 5.56 Å². The molecule has 0 unspecified atom stereocenters. The van der Waals surface area contributed by atoms with Gasteiger partial charge < -0.3 is 9.73 Å². The van der Waals surface area contributed by atoms with Crippen molar-refractivity contribution >= 4 is 5.57 Å². The molecule has 0 aliphatic carbocycles. The van der Waals surface area contributed by atoms with Crippen molar-refractivity contribution in [2.24, 2.45) is 0 Å². The Hall–Kier alpha value is -1.02. The van der Waals surface area contributed by atoms with E-state index >= 15 is 0 Å². The molecule has 0 amide bonds. The Morgan fingerprint density at radius 3 is 3.08 bits per heavy atom. The Labute approximate surface area is 73.3 Å². The lowest BCUT2D eigenvalue weighted by Gasteiger charge is -1.96. The highest BCUT2D eigenvalue weighted by atomic mass is 16.3. The Balaban J connectivity index is 2.47. The van der Waals surface area contributed by atoms with Crippen molar-refractivity contribution in [3.63, 3.8) is 0 Å². The predicted octanol–water partition coefficient (Wildman–Crippen LogP) is 2.29. The van der Waals surface area contributed by atoms with Crippen LogP contribution in [0.5, 0.6) is 0 Å². The number of furan rings is 1. The highest BCUT2D eigenvalue weighted by Crippen LogP contribution is 2.13. The molecule has 1 aromatic heterocycles. The molecule has 66 valence electrons. The van der Waals surface area contributed by atoms with E-state index in [0.29, 0.717) is 0 Å². The average Bonchev–Trinajstić information content (AvgIpc) is 2.56. The van der Waals surface area contributed by atoms with Crippen LogP contribution in [0.15, 0.2) is 29.1 Å². The summed E-state index contributed by atoms with van der Waals surface area (Å²) in [6.07, 6.45) is 6.74. The lowest BCUT2D eigenvalue weighted by atomic mass is 10.1. The lowest BCUT2D eigenvalue weighted by molar-refractivity contribution is 0.566. The second-order valence-electron chi connectivity index (χ2n) is 2.79. The second-order valence-corrected chi connectivity index (χ2v) is 2.79. The maximum atomic E-state index is 4.99. The molecule has 0 aliphatic heterocycles. The quantitative estimate of drug-likeness (QED) is 0.692. The van der Waals surface area contributed by atoms with Gasteiger partial charge in [0.05, 0.1) is 12.5 Å². The number of rotatable bonds is 4. The molecule has 12 heavy (non-hydrogen) atoms. The van der Waals surface area contributed by atoms with E-state index in [4.69, 9.17) is 4.42 Å². The van der Waals surface area contributed by atoms with Crippen LogP contribution in [-0.2, 0) is 0 Å². The van der Waals surface area contributed by atoms with Gasteiger partial charge in [-0.2, -0.15) is 0 Å². The Bertz CT molecular complexity index is 236. The number of allylic oxidation sites excluding steroid dienone is 1. The first kappa shape index (κ1) is 9.07. The first-order chi connectivity index (χ1) is 5.84. The van der Waals surface area contributed by atoms with Crippen molar-refractivity contribution in [2.75, 3.05) is 13.6 Å². The largest absolute Gasteiger partial charge is 0.472 e. The van der Waals surface area contributed by atoms with E-state index in [2.05, 4.69) is 18.3 Å². The third-order valence-corrected chi connectivity index (χ3v) is 1.82. The third-order valence-electron chi connectivity index (χ3n) is 1.82. The summed E-state index contributed by atoms with van der Waals surface area (Å²) in [6.45, 7) is 3.12. The van der Waals surface area contributed by atoms with E-state index in [9.17, 15) is 0 Å². The molecule has 0 fully saturated rings. The van der Waals surface area contributed by atoms with Gasteiger partial charge in [-0.05, 0) is 38.6 Å². The highest BCUT2D eigenvalue weighted by Gasteiger charge is 1.94. The van der Waals surface area contributed by atoms with Crippen LogP contribution >= 0.6 is 0 Å². The Morgan fingerprint density at radius 2 is 2.50 bits per heavy atom. The van der Waals surface area contributed by atoms with Crippen LogP contribution in [0.4, 0.5) is 0 Å². The maximum Gasteiger partial charge on any atom is 0.0977 e. The van der Waals surface area contributed by atoms with E-state index in [1.165, 1.54) is 11.1 Å². The summed E-state index contributed by atoms with van der Waals surface area (Å²) in [6, 6.07) is 1.98. The van der Waals surface area contributed by atoms with E-state index in [-0.39, 0.29) is 0 Å². The van der Waals surface area contributed by atoms with Crippen LogP contribution in [0, 0.1) is 0 Å². The molecule has 2 nitrogen and oxygen atoms in total. The Morgan fingerprint density at radius 1 is 1.67 bits per heavy atom. The van der Waals surface area contributed by atoms with E-state index in [1.807, 2.05) is 13.1 Å². The van der Waals surface area contributed by atoms with Gasteiger partial charge in [0.2, 0.25) is 0 Å². The first-order valence-corrected chi connectivity index (χ1v) is 4.18. The van der Waals surface area contributed by atoms with Crippen LogP contribution in [0.3, 0.4) is 0 Å². The Kier molecular flexibility index (Phi) is 3.61. The number of hydrogen-bond acceptors (Lipinski definition) is 2. The number of nitrogens with one attached hydrogen (secondary N) is 1. The predicted molar refractivity (Wildman–Crippen MR) is 50.9 cm³/mol. The second kappa shape index (κ2) is 4.78. The molecule has 0 aromatic carbocycles. The smallest absolute Gasteiger partial charge is 0.0977 e. The van der Waals surface area contributed by atoms with Gasteiger partial charge >= 0.3 is 0 Å². The van der Waals surface area contributed by atoms with Gasteiger partial charge in [-0.1, -0.05) is 6.08 Å². The van der Waals surface area contributed by atoms with Gasteiger partial charge in [0.25, 0.3) is 0 Å². The van der Waals surface area contributed by atoms with Gasteiger partial charge in [0.15, 0.2) is 0 Å². The summed E-state index contributed by atoms with van der Waals surface area (Å²) in [5, 5.41) is 3.10. The first-order valence-electron chi connectivity index (χ1n) is 4.18. The molecule has 1 heterocycles. The fraction of sp³-hybridized carbons (Fsp3) is 0.400. The SMILES string of the molecule is CNCCC=C(C)c1ccoc1. The van der Waals surface area contributed by atoms with Gasteiger partial charge in [-0.15, -0.1) is 0 Å². The van der Waals surface area contributed by atoms with Crippen molar-refractivity contribution in [1.82, 2.24) is 5.32 Å². The monoisotopic (exact) mass is 165 g/mol. The van der Waals surface area contributed by atoms with Crippen LogP contribution in [0.25, 0.3) is 5.57 Å². The van der Waals surface area contributed by atoms with E-state index in [0.717, 1.165) is 13.0 Å². The summed E-state index contributed by atoms with van der Waals surface area (Å²) in [7, 11) is 1.96. The molecule has 0 saturated heterocycles. The lowest BCUT2D eigenvalue weighted by Crippen LogP contribution is -2.05. The summed E-state index contributed by atoms with van der Waals surface area (Å²) < 4.78 is 4.99. The molecular weight excluding hydrogens is 150 g/mol. The van der Waals surface area contributed by atoms with Crippen molar-refractivity contribution in [3.8, 4) is 0 Å². The third kappa shape index (κ3) is 2.55. The molecule has 2 heteroatoms. The standard InChI is InChI=1S/C10H15NO/c1-9(4-3-6-11-2)10-5-7-12-8-10/h4-5,7-8,11H,3,6H2,1-2H3. The fourth-order valence-electron chi connectivity index (χ4n) is 1.04. The van der Waals surface area contributed by atoms with Crippen LogP contribution in [0.1, 0.15) is 18.9 Å². The van der Waals surface area contributed by atoms with E-state index in [1.54, 1.807) is 12.5 Å². The summed E-state index contributed by atoms with van der Waals surface area (Å²) >= 11 is 0. The molecule has 0 spiro atoms. The maximum absolute atomic E-state index is 4.99. The minimum Gasteiger partial charge on any atom is -0.472 e. The van der Waals surface area contributed by atoms with Gasteiger partial charge in [-0.3, -0.25) is 0 Å². The van der Waals surface area contributed by atoms with E-state index < -0.39 is 0 Å². The average molecular weight is 165 g/mol. The summed E-state index contributed by atoms with van der Waals surface area (Å²) in [4.78, 5) is 0. The minimum absolute atomic E-state index is 1.02. The molecule has 1 N–H and O–H groups in total. The molecule has 0 aliphatic rings. The van der Waals surface area contributed by atoms with Crippen molar-refractivity contribution in [3.05, 3.63) is 30.2 Å². The molecular formula is C10H15NO. The minimum atomic E-state index is 1.02. The molecule has 0 saturated carbocycles. The van der Waals surface area contributed by atoms with Crippen molar-refractivity contribution in [2.45, 2.75) is 13.3 Å². The van der Waals surface area contributed by atoms with Crippen LogP contribution in [0.2, 0.25) is 0 Å². The molecule has 1 aromatic rings. The highest BCUT2D eigenvalue weighted by molar-refractivity contribution is 5.62.